The second kappa shape index (κ2) is 11.6. The van der Waals surface area contributed by atoms with Crippen LogP contribution in [0.2, 0.25) is 0 Å². The minimum absolute atomic E-state index is 0.0253. The van der Waals surface area contributed by atoms with Gasteiger partial charge in [0, 0.05) is 11.3 Å². The third-order valence-electron chi connectivity index (χ3n) is 4.57. The zero-order valence-electron chi connectivity index (χ0n) is 17.4. The fraction of sp³-hybridized carbons (Fsp3) is 0.0400. The van der Waals surface area contributed by atoms with E-state index in [1.807, 2.05) is 18.2 Å². The molecule has 168 valence electrons. The molecule has 0 aliphatic carbocycles. The van der Waals surface area contributed by atoms with Crippen LogP contribution < -0.4 is 10.1 Å². The molecule has 0 saturated heterocycles. The predicted molar refractivity (Wildman–Crippen MR) is 143 cm³/mol. The predicted octanol–water partition coefficient (Wildman–Crippen LogP) is 5.59. The number of carbonyl (C=O) groups excluding carboxylic acids is 1. The van der Waals surface area contributed by atoms with Crippen molar-refractivity contribution >= 4 is 68.8 Å². The Hall–Kier alpha value is -3.42. The van der Waals surface area contributed by atoms with Gasteiger partial charge in [0.1, 0.15) is 24.0 Å². The molecule has 0 aliphatic rings. The lowest BCUT2D eigenvalue weighted by Gasteiger charge is -2.12. The number of ether oxygens (including phenoxy) is 1. The number of nitriles is 2. The van der Waals surface area contributed by atoms with Crippen molar-refractivity contribution < 1.29 is 19.4 Å². The third-order valence-corrected chi connectivity index (χ3v) is 6.18. The van der Waals surface area contributed by atoms with Gasteiger partial charge < -0.3 is 15.2 Å². The lowest BCUT2D eigenvalue weighted by Crippen LogP contribution is -2.14. The van der Waals surface area contributed by atoms with E-state index >= 15 is 0 Å². The number of benzene rings is 3. The van der Waals surface area contributed by atoms with Gasteiger partial charge in [-0.2, -0.15) is 10.5 Å². The molecule has 0 fully saturated rings. The molecule has 2 N–H and O–H groups in total. The van der Waals surface area contributed by atoms with Gasteiger partial charge in [0.15, 0.2) is 0 Å². The molecule has 0 spiro atoms. The van der Waals surface area contributed by atoms with Gasteiger partial charge in [0.2, 0.25) is 0 Å². The summed E-state index contributed by atoms with van der Waals surface area (Å²) in [7, 11) is 0. The number of amides is 1. The first kappa shape index (κ1) is 25.2. The van der Waals surface area contributed by atoms with Crippen LogP contribution in [0.3, 0.4) is 0 Å². The van der Waals surface area contributed by atoms with E-state index in [0.29, 0.717) is 16.9 Å². The summed E-state index contributed by atoms with van der Waals surface area (Å²) in [5.74, 6) is -1.13. The number of nitrogens with one attached hydrogen (secondary N) is 1. The number of hydrogen-bond donors (Lipinski definition) is 2. The summed E-state index contributed by atoms with van der Waals surface area (Å²) in [6.07, 6.45) is 1.45. The highest BCUT2D eigenvalue weighted by atomic mass is 127. The van der Waals surface area contributed by atoms with Crippen molar-refractivity contribution in [1.29, 1.82) is 10.5 Å². The fourth-order valence-corrected chi connectivity index (χ4v) is 5.08. The molecule has 0 aliphatic heterocycles. The molecule has 0 radical (unpaired) electrons. The summed E-state index contributed by atoms with van der Waals surface area (Å²) in [6, 6.07) is 20.6. The Bertz CT molecular complexity index is 1360. The van der Waals surface area contributed by atoms with Crippen molar-refractivity contribution in [2.24, 2.45) is 0 Å². The van der Waals surface area contributed by atoms with Crippen molar-refractivity contribution in [3.8, 4) is 17.9 Å². The average molecular weight is 675 g/mol. The molecule has 0 bridgehead atoms. The lowest BCUT2D eigenvalue weighted by atomic mass is 10.1. The van der Waals surface area contributed by atoms with Crippen LogP contribution in [0.5, 0.6) is 5.75 Å². The molecule has 9 heteroatoms. The van der Waals surface area contributed by atoms with Gasteiger partial charge >= 0.3 is 5.97 Å². The normalized spacial score (nSPS) is 10.6. The molecular weight excluding hydrogens is 660 g/mol. The highest BCUT2D eigenvalue weighted by Gasteiger charge is 2.14. The monoisotopic (exact) mass is 675 g/mol. The fourth-order valence-electron chi connectivity index (χ4n) is 2.95. The second-order valence-corrected chi connectivity index (χ2v) is 9.21. The quantitative estimate of drug-likeness (QED) is 0.191. The molecule has 34 heavy (non-hydrogen) atoms. The Morgan fingerprint density at radius 3 is 2.38 bits per heavy atom. The number of aromatic carboxylic acids is 1. The zero-order valence-corrected chi connectivity index (χ0v) is 21.7. The second-order valence-electron chi connectivity index (χ2n) is 6.88. The van der Waals surface area contributed by atoms with Crippen LogP contribution >= 0.6 is 45.2 Å². The summed E-state index contributed by atoms with van der Waals surface area (Å²) < 4.78 is 7.51. The first-order valence-electron chi connectivity index (χ1n) is 9.68. The molecule has 0 saturated carbocycles. The van der Waals surface area contributed by atoms with Gasteiger partial charge in [-0.25, -0.2) is 4.79 Å². The van der Waals surface area contributed by atoms with Crippen LogP contribution in [-0.4, -0.2) is 17.0 Å². The maximum absolute atomic E-state index is 12.6. The zero-order chi connectivity index (χ0) is 24.7. The van der Waals surface area contributed by atoms with E-state index in [9.17, 15) is 20.1 Å². The number of anilines is 1. The molecule has 0 heterocycles. The number of rotatable bonds is 7. The van der Waals surface area contributed by atoms with E-state index in [2.05, 4.69) is 56.6 Å². The Morgan fingerprint density at radius 2 is 1.74 bits per heavy atom. The van der Waals surface area contributed by atoms with Crippen LogP contribution in [0.4, 0.5) is 5.69 Å². The first-order chi connectivity index (χ1) is 16.3. The Balaban J connectivity index is 1.79. The molecule has 1 amide bonds. The standard InChI is InChI=1S/C25H15I2N3O4/c26-21-9-15(10-22(27)23(21)34-14-18-5-2-1-4-17(18)12-28)8-19(13-29)24(31)30-20-7-3-6-16(11-20)25(32)33/h1-11H,14H2,(H,30,31)(H,32,33)/b19-8-. The lowest BCUT2D eigenvalue weighted by molar-refractivity contribution is -0.112. The summed E-state index contributed by atoms with van der Waals surface area (Å²) in [4.78, 5) is 23.7. The highest BCUT2D eigenvalue weighted by molar-refractivity contribution is 14.1. The highest BCUT2D eigenvalue weighted by Crippen LogP contribution is 2.31. The van der Waals surface area contributed by atoms with E-state index in [0.717, 1.165) is 12.7 Å². The van der Waals surface area contributed by atoms with Crippen LogP contribution in [0.25, 0.3) is 6.08 Å². The molecule has 0 aromatic heterocycles. The van der Waals surface area contributed by atoms with Gasteiger partial charge in [0.25, 0.3) is 5.91 Å². The van der Waals surface area contributed by atoms with E-state index in [1.54, 1.807) is 30.3 Å². The maximum atomic E-state index is 12.6. The van der Waals surface area contributed by atoms with Gasteiger partial charge in [-0.05, 0) is 93.2 Å². The molecule has 3 rings (SSSR count). The van der Waals surface area contributed by atoms with Crippen molar-refractivity contribution in [3.63, 3.8) is 0 Å². The summed E-state index contributed by atoms with van der Waals surface area (Å²) in [6.45, 7) is 0.228. The number of carboxylic acids is 1. The molecular formula is C25H15I2N3O4. The maximum Gasteiger partial charge on any atom is 0.335 e. The minimum Gasteiger partial charge on any atom is -0.487 e. The number of carbonyl (C=O) groups is 2. The van der Waals surface area contributed by atoms with Crippen molar-refractivity contribution in [2.45, 2.75) is 6.61 Å². The largest absolute Gasteiger partial charge is 0.487 e. The van der Waals surface area contributed by atoms with Crippen molar-refractivity contribution in [2.75, 3.05) is 5.32 Å². The number of halogens is 2. The van der Waals surface area contributed by atoms with Gasteiger partial charge in [0.05, 0.1) is 24.3 Å². The van der Waals surface area contributed by atoms with E-state index < -0.39 is 11.9 Å². The van der Waals surface area contributed by atoms with Gasteiger partial charge in [-0.3, -0.25) is 4.79 Å². The summed E-state index contributed by atoms with van der Waals surface area (Å²) in [5, 5.41) is 30.4. The molecule has 3 aromatic rings. The number of carboxylic acid groups (broad SMARTS) is 1. The Kier molecular flexibility index (Phi) is 8.62. The molecule has 3 aromatic carbocycles. The first-order valence-corrected chi connectivity index (χ1v) is 11.8. The number of nitrogens with zero attached hydrogens (tertiary/aromatic N) is 2. The number of hydrogen-bond acceptors (Lipinski definition) is 5. The van der Waals surface area contributed by atoms with Crippen LogP contribution in [-0.2, 0) is 11.4 Å². The SMILES string of the molecule is N#C/C(=C/c1cc(I)c(OCc2ccccc2C#N)c(I)c1)C(=O)Nc1cccc(C(=O)O)c1. The van der Waals surface area contributed by atoms with Crippen LogP contribution in [0, 0.1) is 29.8 Å². The van der Waals surface area contributed by atoms with E-state index in [1.165, 1.54) is 24.3 Å². The van der Waals surface area contributed by atoms with Crippen LogP contribution in [0.1, 0.15) is 27.0 Å². The van der Waals surface area contributed by atoms with Crippen LogP contribution in [0.15, 0.2) is 66.2 Å². The smallest absolute Gasteiger partial charge is 0.335 e. The van der Waals surface area contributed by atoms with Crippen molar-refractivity contribution in [3.05, 3.63) is 95.6 Å². The van der Waals surface area contributed by atoms with Crippen molar-refractivity contribution in [1.82, 2.24) is 0 Å². The Morgan fingerprint density at radius 1 is 1.03 bits per heavy atom. The molecule has 0 atom stereocenters. The minimum atomic E-state index is -1.12. The topological polar surface area (TPSA) is 123 Å². The summed E-state index contributed by atoms with van der Waals surface area (Å²) in [5.41, 5.74) is 2.11. The average Bonchev–Trinajstić information content (AvgIpc) is 2.82. The Labute approximate surface area is 223 Å². The molecule has 0 unspecified atom stereocenters. The summed E-state index contributed by atoms with van der Waals surface area (Å²) >= 11 is 4.23. The van der Waals surface area contributed by atoms with Gasteiger partial charge in [-0.1, -0.05) is 24.3 Å². The molecule has 7 nitrogen and oxygen atoms in total. The van der Waals surface area contributed by atoms with E-state index in [4.69, 9.17) is 9.84 Å². The third kappa shape index (κ3) is 6.34. The van der Waals surface area contributed by atoms with Gasteiger partial charge in [-0.15, -0.1) is 0 Å². The van der Waals surface area contributed by atoms with E-state index in [-0.39, 0.29) is 23.4 Å².